The molecule has 2 atom stereocenters. The first-order valence-corrected chi connectivity index (χ1v) is 6.74. The lowest BCUT2D eigenvalue weighted by Crippen LogP contribution is -2.47. The van der Waals surface area contributed by atoms with E-state index in [1.807, 2.05) is 0 Å². The van der Waals surface area contributed by atoms with Gasteiger partial charge in [0.05, 0.1) is 12.7 Å². The molecule has 96 valence electrons. The van der Waals surface area contributed by atoms with E-state index in [1.165, 1.54) is 6.42 Å². The highest BCUT2D eigenvalue weighted by Gasteiger charge is 2.38. The highest BCUT2D eigenvalue weighted by Crippen LogP contribution is 2.31. The largest absolute Gasteiger partial charge is 0.394 e. The van der Waals surface area contributed by atoms with E-state index in [0.717, 1.165) is 45.3 Å². The summed E-state index contributed by atoms with van der Waals surface area (Å²) in [4.78, 5) is 0. The number of unbranched alkanes of at least 4 members (excludes halogenated alkanes) is 1. The van der Waals surface area contributed by atoms with Crippen LogP contribution in [-0.2, 0) is 4.74 Å². The number of ether oxygens (including phenoxy) is 1. The summed E-state index contributed by atoms with van der Waals surface area (Å²) < 4.78 is 5.83. The van der Waals surface area contributed by atoms with Gasteiger partial charge in [-0.05, 0) is 38.6 Å². The van der Waals surface area contributed by atoms with E-state index in [4.69, 9.17) is 4.74 Å². The second-order valence-electron chi connectivity index (χ2n) is 4.95. The summed E-state index contributed by atoms with van der Waals surface area (Å²) >= 11 is 0. The maximum atomic E-state index is 9.51. The van der Waals surface area contributed by atoms with Crippen LogP contribution in [0.1, 0.15) is 52.4 Å². The Balaban J connectivity index is 2.29. The summed E-state index contributed by atoms with van der Waals surface area (Å²) in [5.74, 6) is 0. The Morgan fingerprint density at radius 3 is 2.81 bits per heavy atom. The third-order valence-electron chi connectivity index (χ3n) is 3.47. The molecule has 1 fully saturated rings. The summed E-state index contributed by atoms with van der Waals surface area (Å²) in [5, 5.41) is 13.0. The molecule has 0 amide bonds. The molecule has 0 aromatic heterocycles. The molecule has 0 aromatic rings. The van der Waals surface area contributed by atoms with Crippen molar-refractivity contribution in [2.75, 3.05) is 19.8 Å². The summed E-state index contributed by atoms with van der Waals surface area (Å²) in [5.41, 5.74) is -0.0626. The molecule has 2 N–H and O–H groups in total. The molecule has 0 radical (unpaired) electrons. The highest BCUT2D eigenvalue weighted by atomic mass is 16.5. The molecule has 0 aromatic carbocycles. The predicted molar refractivity (Wildman–Crippen MR) is 66.6 cm³/mol. The van der Waals surface area contributed by atoms with E-state index in [1.54, 1.807) is 0 Å². The fraction of sp³-hybridized carbons (Fsp3) is 1.00. The minimum absolute atomic E-state index is 0.0626. The van der Waals surface area contributed by atoms with Gasteiger partial charge in [0.25, 0.3) is 0 Å². The Labute approximate surface area is 99.6 Å². The summed E-state index contributed by atoms with van der Waals surface area (Å²) in [6.07, 6.45) is 6.89. The Hall–Kier alpha value is -0.120. The van der Waals surface area contributed by atoms with Crippen LogP contribution in [-0.4, -0.2) is 36.5 Å². The van der Waals surface area contributed by atoms with Crippen LogP contribution in [0, 0.1) is 0 Å². The van der Waals surface area contributed by atoms with Crippen LogP contribution in [0.25, 0.3) is 0 Å². The van der Waals surface area contributed by atoms with Gasteiger partial charge >= 0.3 is 0 Å². The topological polar surface area (TPSA) is 41.5 Å². The van der Waals surface area contributed by atoms with Crippen LogP contribution in [0.15, 0.2) is 0 Å². The number of hydrogen-bond donors (Lipinski definition) is 2. The molecule has 1 saturated carbocycles. The lowest BCUT2D eigenvalue weighted by atomic mass is 9.98. The third kappa shape index (κ3) is 4.04. The average molecular weight is 229 g/mol. The molecule has 0 heterocycles. The fourth-order valence-electron chi connectivity index (χ4n) is 2.36. The predicted octanol–water partition coefficient (Wildman–Crippen LogP) is 2.09. The SMILES string of the molecule is CCCCOC1CCC(CO)(NCCC)C1. The number of hydrogen-bond acceptors (Lipinski definition) is 3. The average Bonchev–Trinajstić information content (AvgIpc) is 2.71. The number of rotatable bonds is 8. The molecule has 0 bridgehead atoms. The van der Waals surface area contributed by atoms with Crippen molar-refractivity contribution in [1.29, 1.82) is 0 Å². The zero-order valence-electron chi connectivity index (χ0n) is 10.8. The van der Waals surface area contributed by atoms with E-state index < -0.39 is 0 Å². The van der Waals surface area contributed by atoms with E-state index in [0.29, 0.717) is 6.10 Å². The Morgan fingerprint density at radius 2 is 2.19 bits per heavy atom. The molecule has 3 heteroatoms. The van der Waals surface area contributed by atoms with Crippen molar-refractivity contribution in [3.8, 4) is 0 Å². The second kappa shape index (κ2) is 7.25. The maximum Gasteiger partial charge on any atom is 0.0614 e. The van der Waals surface area contributed by atoms with E-state index in [-0.39, 0.29) is 12.1 Å². The van der Waals surface area contributed by atoms with Gasteiger partial charge in [-0.2, -0.15) is 0 Å². The molecule has 1 aliphatic rings. The zero-order valence-corrected chi connectivity index (χ0v) is 10.8. The molecule has 2 unspecified atom stereocenters. The van der Waals surface area contributed by atoms with Gasteiger partial charge in [-0.15, -0.1) is 0 Å². The van der Waals surface area contributed by atoms with Crippen LogP contribution in [0.3, 0.4) is 0 Å². The Kier molecular flexibility index (Phi) is 6.32. The lowest BCUT2D eigenvalue weighted by molar-refractivity contribution is 0.0452. The van der Waals surface area contributed by atoms with Gasteiger partial charge in [0.2, 0.25) is 0 Å². The molecule has 3 nitrogen and oxygen atoms in total. The monoisotopic (exact) mass is 229 g/mol. The molecule has 1 aliphatic carbocycles. The maximum absolute atomic E-state index is 9.51. The van der Waals surface area contributed by atoms with Crippen LogP contribution in [0.4, 0.5) is 0 Å². The minimum Gasteiger partial charge on any atom is -0.394 e. The standard InChI is InChI=1S/C13H27NO2/c1-3-5-9-16-12-6-7-13(10-12,11-15)14-8-4-2/h12,14-15H,3-11H2,1-2H3. The van der Waals surface area contributed by atoms with Crippen molar-refractivity contribution in [2.45, 2.75) is 64.0 Å². The van der Waals surface area contributed by atoms with Crippen molar-refractivity contribution in [2.24, 2.45) is 0 Å². The number of aliphatic hydroxyl groups is 1. The first kappa shape index (κ1) is 13.9. The van der Waals surface area contributed by atoms with E-state index >= 15 is 0 Å². The summed E-state index contributed by atoms with van der Waals surface area (Å²) in [7, 11) is 0. The van der Waals surface area contributed by atoms with Gasteiger partial charge in [-0.1, -0.05) is 20.3 Å². The highest BCUT2D eigenvalue weighted by molar-refractivity contribution is 4.96. The van der Waals surface area contributed by atoms with Crippen molar-refractivity contribution in [3.05, 3.63) is 0 Å². The van der Waals surface area contributed by atoms with Crippen LogP contribution in [0.2, 0.25) is 0 Å². The normalized spacial score (nSPS) is 29.8. The molecule has 0 aliphatic heterocycles. The summed E-state index contributed by atoms with van der Waals surface area (Å²) in [6, 6.07) is 0. The van der Waals surface area contributed by atoms with E-state index in [2.05, 4.69) is 19.2 Å². The molecular weight excluding hydrogens is 202 g/mol. The number of aliphatic hydroxyl groups excluding tert-OH is 1. The second-order valence-corrected chi connectivity index (χ2v) is 4.95. The van der Waals surface area contributed by atoms with Gasteiger partial charge in [-0.25, -0.2) is 0 Å². The van der Waals surface area contributed by atoms with E-state index in [9.17, 15) is 5.11 Å². The minimum atomic E-state index is -0.0626. The fourth-order valence-corrected chi connectivity index (χ4v) is 2.36. The van der Waals surface area contributed by atoms with Crippen LogP contribution in [0.5, 0.6) is 0 Å². The van der Waals surface area contributed by atoms with Crippen molar-refractivity contribution >= 4 is 0 Å². The number of nitrogens with one attached hydrogen (secondary N) is 1. The molecular formula is C13H27NO2. The van der Waals surface area contributed by atoms with Crippen LogP contribution < -0.4 is 5.32 Å². The quantitative estimate of drug-likeness (QED) is 0.626. The third-order valence-corrected chi connectivity index (χ3v) is 3.47. The molecule has 16 heavy (non-hydrogen) atoms. The zero-order chi connectivity index (χ0) is 11.9. The van der Waals surface area contributed by atoms with Crippen molar-refractivity contribution in [3.63, 3.8) is 0 Å². The molecule has 0 saturated heterocycles. The first-order chi connectivity index (χ1) is 7.76. The van der Waals surface area contributed by atoms with Crippen molar-refractivity contribution in [1.82, 2.24) is 5.32 Å². The lowest BCUT2D eigenvalue weighted by Gasteiger charge is -2.28. The first-order valence-electron chi connectivity index (χ1n) is 6.74. The smallest absolute Gasteiger partial charge is 0.0614 e. The van der Waals surface area contributed by atoms with Crippen LogP contribution >= 0.6 is 0 Å². The van der Waals surface area contributed by atoms with Gasteiger partial charge < -0.3 is 15.2 Å². The summed E-state index contributed by atoms with van der Waals surface area (Å²) in [6.45, 7) is 6.43. The van der Waals surface area contributed by atoms with Gasteiger partial charge in [0, 0.05) is 12.1 Å². The molecule has 0 spiro atoms. The Bertz CT molecular complexity index is 187. The van der Waals surface area contributed by atoms with Gasteiger partial charge in [0.15, 0.2) is 0 Å². The Morgan fingerprint density at radius 1 is 1.38 bits per heavy atom. The van der Waals surface area contributed by atoms with Crippen molar-refractivity contribution < 1.29 is 9.84 Å². The molecule has 1 rings (SSSR count). The van der Waals surface area contributed by atoms with Gasteiger partial charge in [0.1, 0.15) is 0 Å². The van der Waals surface area contributed by atoms with Gasteiger partial charge in [-0.3, -0.25) is 0 Å².